The summed E-state index contributed by atoms with van der Waals surface area (Å²) in [6, 6.07) is 4.31. The summed E-state index contributed by atoms with van der Waals surface area (Å²) in [5.41, 5.74) is 4.09. The van der Waals surface area contributed by atoms with Crippen molar-refractivity contribution in [3.63, 3.8) is 0 Å². The summed E-state index contributed by atoms with van der Waals surface area (Å²) in [5.74, 6) is 0.149. The van der Waals surface area contributed by atoms with Crippen LogP contribution in [0, 0.1) is 20.8 Å². The SMILES string of the molecule is Cc1cc(C)c(C(=O)CN2CC(CO)OCC2C)c(C)c1. The molecule has 4 heteroatoms. The summed E-state index contributed by atoms with van der Waals surface area (Å²) in [4.78, 5) is 14.8. The van der Waals surface area contributed by atoms with Gasteiger partial charge in [-0.1, -0.05) is 17.7 Å². The third kappa shape index (κ3) is 3.70. The third-order valence-corrected chi connectivity index (χ3v) is 4.14. The largest absolute Gasteiger partial charge is 0.394 e. The van der Waals surface area contributed by atoms with E-state index < -0.39 is 0 Å². The number of aliphatic hydroxyl groups excluding tert-OH is 1. The van der Waals surface area contributed by atoms with Gasteiger partial charge in [-0.25, -0.2) is 0 Å². The first-order valence-electron chi connectivity index (χ1n) is 7.50. The Bertz CT molecular complexity index is 504. The van der Waals surface area contributed by atoms with Crippen LogP contribution in [0.15, 0.2) is 12.1 Å². The molecule has 116 valence electrons. The van der Waals surface area contributed by atoms with E-state index in [9.17, 15) is 9.90 Å². The average Bonchev–Trinajstić information content (AvgIpc) is 2.40. The second-order valence-electron chi connectivity index (χ2n) is 6.11. The number of Topliss-reactive ketones (excluding diaryl/α,β-unsaturated/α-hetero) is 1. The van der Waals surface area contributed by atoms with E-state index in [0.29, 0.717) is 19.7 Å². The lowest BCUT2D eigenvalue weighted by Crippen LogP contribution is -2.51. The number of carbonyl (C=O) groups excluding carboxylic acids is 1. The molecule has 2 rings (SSSR count). The van der Waals surface area contributed by atoms with Crippen molar-refractivity contribution in [2.45, 2.75) is 39.8 Å². The zero-order valence-electron chi connectivity index (χ0n) is 13.3. The zero-order valence-corrected chi connectivity index (χ0v) is 13.3. The fourth-order valence-electron chi connectivity index (χ4n) is 3.09. The van der Waals surface area contributed by atoms with E-state index in [4.69, 9.17) is 4.74 Å². The van der Waals surface area contributed by atoms with Crippen LogP contribution in [0.25, 0.3) is 0 Å². The number of hydrogen-bond donors (Lipinski definition) is 1. The number of carbonyl (C=O) groups is 1. The Labute approximate surface area is 126 Å². The van der Waals surface area contributed by atoms with Crippen LogP contribution in [0.5, 0.6) is 0 Å². The Balaban J connectivity index is 2.14. The molecule has 1 aromatic carbocycles. The maximum absolute atomic E-state index is 12.7. The number of morpholine rings is 1. The van der Waals surface area contributed by atoms with Gasteiger partial charge in [0.25, 0.3) is 0 Å². The van der Waals surface area contributed by atoms with Gasteiger partial charge in [-0.05, 0) is 38.8 Å². The maximum Gasteiger partial charge on any atom is 0.177 e. The van der Waals surface area contributed by atoms with Crippen LogP contribution in [0.1, 0.15) is 34.0 Å². The number of nitrogens with zero attached hydrogens (tertiary/aromatic N) is 1. The van der Waals surface area contributed by atoms with Crippen molar-refractivity contribution >= 4 is 5.78 Å². The summed E-state index contributed by atoms with van der Waals surface area (Å²) in [7, 11) is 0. The molecule has 1 N–H and O–H groups in total. The van der Waals surface area contributed by atoms with Gasteiger partial charge < -0.3 is 9.84 Å². The Hall–Kier alpha value is -1.23. The van der Waals surface area contributed by atoms with E-state index in [1.165, 1.54) is 5.56 Å². The topological polar surface area (TPSA) is 49.8 Å². The standard InChI is InChI=1S/C17H25NO3/c1-11-5-12(2)17(13(3)6-11)16(20)8-18-7-15(9-19)21-10-14(18)4/h5-6,14-15,19H,7-10H2,1-4H3. The van der Waals surface area contributed by atoms with E-state index in [1.807, 2.05) is 20.8 Å². The van der Waals surface area contributed by atoms with Crippen molar-refractivity contribution in [1.29, 1.82) is 0 Å². The van der Waals surface area contributed by atoms with E-state index in [2.05, 4.69) is 24.0 Å². The average molecular weight is 291 g/mol. The highest BCUT2D eigenvalue weighted by Crippen LogP contribution is 2.19. The summed E-state index contributed by atoms with van der Waals surface area (Å²) in [6.07, 6.45) is -0.186. The number of ketones is 1. The third-order valence-electron chi connectivity index (χ3n) is 4.14. The van der Waals surface area contributed by atoms with E-state index >= 15 is 0 Å². The minimum Gasteiger partial charge on any atom is -0.394 e. The molecule has 1 aromatic rings. The lowest BCUT2D eigenvalue weighted by Gasteiger charge is -2.37. The van der Waals surface area contributed by atoms with Gasteiger partial charge >= 0.3 is 0 Å². The molecule has 1 aliphatic heterocycles. The van der Waals surface area contributed by atoms with Crippen LogP contribution in [-0.2, 0) is 4.74 Å². The summed E-state index contributed by atoms with van der Waals surface area (Å²) >= 11 is 0. The van der Waals surface area contributed by atoms with Crippen LogP contribution in [0.3, 0.4) is 0 Å². The predicted octanol–water partition coefficient (Wildman–Crippen LogP) is 1.88. The molecule has 4 nitrogen and oxygen atoms in total. The highest BCUT2D eigenvalue weighted by molar-refractivity contribution is 6.00. The van der Waals surface area contributed by atoms with E-state index in [-0.39, 0.29) is 24.5 Å². The van der Waals surface area contributed by atoms with Crippen LogP contribution in [0.4, 0.5) is 0 Å². The van der Waals surface area contributed by atoms with Crippen LogP contribution >= 0.6 is 0 Å². The molecule has 0 bridgehead atoms. The van der Waals surface area contributed by atoms with Crippen LogP contribution in [-0.4, -0.2) is 54.2 Å². The molecule has 21 heavy (non-hydrogen) atoms. The van der Waals surface area contributed by atoms with E-state index in [0.717, 1.165) is 16.7 Å². The summed E-state index contributed by atoms with van der Waals surface area (Å²) < 4.78 is 5.52. The lowest BCUT2D eigenvalue weighted by molar-refractivity contribution is -0.0747. The lowest BCUT2D eigenvalue weighted by atomic mass is 9.96. The molecule has 0 aliphatic carbocycles. The van der Waals surface area contributed by atoms with Crippen LogP contribution < -0.4 is 0 Å². The Morgan fingerprint density at radius 1 is 1.33 bits per heavy atom. The van der Waals surface area contributed by atoms with E-state index in [1.54, 1.807) is 0 Å². The molecule has 1 aliphatic rings. The molecule has 0 aromatic heterocycles. The van der Waals surface area contributed by atoms with Gasteiger partial charge in [-0.2, -0.15) is 0 Å². The molecule has 2 atom stereocenters. The quantitative estimate of drug-likeness (QED) is 0.861. The monoisotopic (exact) mass is 291 g/mol. The van der Waals surface area contributed by atoms with Crippen molar-refractivity contribution in [2.24, 2.45) is 0 Å². The Morgan fingerprint density at radius 2 is 1.95 bits per heavy atom. The number of benzene rings is 1. The minimum absolute atomic E-state index is 0.00000226. The molecule has 0 saturated carbocycles. The fraction of sp³-hybridized carbons (Fsp3) is 0.588. The highest BCUT2D eigenvalue weighted by atomic mass is 16.5. The number of rotatable bonds is 4. The Kier molecular flexibility index (Phi) is 5.14. The van der Waals surface area contributed by atoms with Gasteiger partial charge in [-0.3, -0.25) is 9.69 Å². The second-order valence-corrected chi connectivity index (χ2v) is 6.11. The molecule has 1 fully saturated rings. The molecule has 2 unspecified atom stereocenters. The highest BCUT2D eigenvalue weighted by Gasteiger charge is 2.28. The number of hydrogen-bond acceptors (Lipinski definition) is 4. The Morgan fingerprint density at radius 3 is 2.52 bits per heavy atom. The van der Waals surface area contributed by atoms with Gasteiger partial charge in [0, 0.05) is 18.2 Å². The zero-order chi connectivity index (χ0) is 15.6. The van der Waals surface area contributed by atoms with Crippen molar-refractivity contribution in [3.05, 3.63) is 34.4 Å². The van der Waals surface area contributed by atoms with Gasteiger partial charge in [0.1, 0.15) is 0 Å². The second kappa shape index (κ2) is 6.69. The molecule has 0 amide bonds. The van der Waals surface area contributed by atoms with Gasteiger partial charge in [0.05, 0.1) is 25.9 Å². The minimum atomic E-state index is -0.186. The number of aliphatic hydroxyl groups is 1. The first-order chi connectivity index (χ1) is 9.92. The van der Waals surface area contributed by atoms with Crippen molar-refractivity contribution in [3.8, 4) is 0 Å². The molecule has 1 heterocycles. The first kappa shape index (κ1) is 16.1. The van der Waals surface area contributed by atoms with Crippen molar-refractivity contribution in [2.75, 3.05) is 26.3 Å². The molecule has 0 spiro atoms. The molecular weight excluding hydrogens is 266 g/mol. The molecular formula is C17H25NO3. The van der Waals surface area contributed by atoms with Gasteiger partial charge in [0.15, 0.2) is 5.78 Å². The number of ether oxygens (including phenoxy) is 1. The first-order valence-corrected chi connectivity index (χ1v) is 7.50. The van der Waals surface area contributed by atoms with Crippen LogP contribution in [0.2, 0.25) is 0 Å². The van der Waals surface area contributed by atoms with Gasteiger partial charge in [-0.15, -0.1) is 0 Å². The molecule has 0 radical (unpaired) electrons. The van der Waals surface area contributed by atoms with Crippen molar-refractivity contribution in [1.82, 2.24) is 4.90 Å². The summed E-state index contributed by atoms with van der Waals surface area (Å²) in [6.45, 7) is 9.63. The molecule has 1 saturated heterocycles. The summed E-state index contributed by atoms with van der Waals surface area (Å²) in [5, 5.41) is 9.23. The fourth-order valence-corrected chi connectivity index (χ4v) is 3.09. The normalized spacial score (nSPS) is 23.3. The maximum atomic E-state index is 12.7. The predicted molar refractivity (Wildman–Crippen MR) is 82.8 cm³/mol. The number of aryl methyl sites for hydroxylation is 3. The van der Waals surface area contributed by atoms with Gasteiger partial charge in [0.2, 0.25) is 0 Å². The smallest absolute Gasteiger partial charge is 0.177 e. The van der Waals surface area contributed by atoms with Crippen molar-refractivity contribution < 1.29 is 14.6 Å².